The van der Waals surface area contributed by atoms with Crippen LogP contribution in [-0.2, 0) is 36.7 Å². The number of hydrogen-bond acceptors (Lipinski definition) is 15. The zero-order chi connectivity index (χ0) is 35.8. The fraction of sp³-hybridized carbons (Fsp3) is 0.593. The lowest BCUT2D eigenvalue weighted by Crippen LogP contribution is -2.33. The number of aromatic nitrogens is 7. The molecule has 3 aliphatic rings. The van der Waals surface area contributed by atoms with E-state index >= 15 is 4.39 Å². The first-order valence-corrected chi connectivity index (χ1v) is 21.2. The van der Waals surface area contributed by atoms with Gasteiger partial charge in [0, 0.05) is 31.1 Å². The topological polar surface area (TPSA) is 202 Å². The Balaban J connectivity index is 0.000000561. The molecule has 0 unspecified atom stereocenters. The van der Waals surface area contributed by atoms with E-state index in [4.69, 9.17) is 33.3 Å². The number of ether oxygens (including phenoxy) is 2. The van der Waals surface area contributed by atoms with Crippen molar-refractivity contribution in [2.75, 3.05) is 38.6 Å². The molecule has 0 aromatic carbocycles. The normalized spacial score (nSPS) is 33.4. The fourth-order valence-corrected chi connectivity index (χ4v) is 8.94. The van der Waals surface area contributed by atoms with Gasteiger partial charge in [0.2, 0.25) is 5.78 Å². The molecule has 9 atom stereocenters. The average molecular weight is 778 g/mol. The van der Waals surface area contributed by atoms with Gasteiger partial charge >= 0.3 is 13.6 Å². The molecule has 4 aromatic rings. The van der Waals surface area contributed by atoms with Crippen molar-refractivity contribution in [1.82, 2.24) is 38.4 Å². The van der Waals surface area contributed by atoms with E-state index in [9.17, 15) is 13.9 Å². The Hall–Kier alpha value is -2.42. The molecule has 0 aliphatic carbocycles. The molecule has 7 rings (SSSR count). The smallest absolute Gasteiger partial charge is 0.382 e. The highest BCUT2D eigenvalue weighted by Gasteiger charge is 2.52. The predicted octanol–water partition coefficient (Wildman–Crippen LogP) is 3.68. The van der Waals surface area contributed by atoms with Gasteiger partial charge in [-0.05, 0) is 19.6 Å². The molecule has 3 fully saturated rings. The highest BCUT2D eigenvalue weighted by Crippen LogP contribution is 2.60. The lowest BCUT2D eigenvalue weighted by atomic mass is 10.1. The minimum atomic E-state index is -4.24. The molecule has 4 aromatic heterocycles. The maximum Gasteiger partial charge on any atom is 0.386 e. The Morgan fingerprint density at radius 2 is 1.66 bits per heavy atom. The standard InChI is InChI=1S/C21H23FN8O9P2S2.C6H15N/c22-14-16-12(37-20(14)30-9-27-15-17(23)25-8-26-18(15)30)7-35-40(32,42)38-11-5-10(6-34-41(33,43)39-16)36-19(11)29-3-1-13(31)28-4-2-24-21(28)29;1-4-7(5-2)6-3/h1-4,8-12,14,16,19-20H,5-7H2,(H,32,42)(H,33,43)(H2,23,25,26);4-6H2,1-3H3/t10-,11+,12+,14-,16+,19+,20+,40+,41+;/m0./s1. The van der Waals surface area contributed by atoms with Crippen LogP contribution in [0.1, 0.15) is 39.6 Å². The largest absolute Gasteiger partial charge is 0.386 e. The zero-order valence-electron chi connectivity index (χ0n) is 27.2. The molecule has 0 spiro atoms. The summed E-state index contributed by atoms with van der Waals surface area (Å²) in [6.07, 6.45) is -2.00. The third-order valence-electron chi connectivity index (χ3n) is 8.51. The number of anilines is 1. The van der Waals surface area contributed by atoms with Crippen molar-refractivity contribution in [3.05, 3.63) is 47.7 Å². The van der Waals surface area contributed by atoms with E-state index in [2.05, 4.69) is 70.1 Å². The van der Waals surface area contributed by atoms with E-state index in [-0.39, 0.29) is 41.3 Å². The highest BCUT2D eigenvalue weighted by molar-refractivity contribution is 8.44. The van der Waals surface area contributed by atoms with Crippen molar-refractivity contribution < 1.29 is 41.1 Å². The van der Waals surface area contributed by atoms with Gasteiger partial charge in [0.1, 0.15) is 30.2 Å². The Morgan fingerprint density at radius 1 is 0.940 bits per heavy atom. The van der Waals surface area contributed by atoms with Gasteiger partial charge in [-0.2, -0.15) is 0 Å². The van der Waals surface area contributed by atoms with Crippen LogP contribution in [-0.4, -0.2) is 102 Å². The first-order valence-electron chi connectivity index (χ1n) is 15.8. The maximum atomic E-state index is 16.0. The van der Waals surface area contributed by atoms with Crippen LogP contribution in [0.4, 0.5) is 10.2 Å². The number of imidazole rings is 2. The summed E-state index contributed by atoms with van der Waals surface area (Å²) >= 11 is 8.19. The molecule has 0 amide bonds. The Labute approximate surface area is 296 Å². The first kappa shape index (κ1) is 37.3. The van der Waals surface area contributed by atoms with Crippen molar-refractivity contribution in [2.45, 2.75) is 70.2 Å². The quantitative estimate of drug-likeness (QED) is 0.196. The number of rotatable bonds is 5. The molecule has 3 aliphatic heterocycles. The van der Waals surface area contributed by atoms with Crippen LogP contribution in [0.25, 0.3) is 16.9 Å². The minimum Gasteiger partial charge on any atom is -0.382 e. The SMILES string of the molecule is CCN(CC)CC.Nc1ncnc2c1ncn2[C@@H]1O[C@@H]2CO[P@@](=O)(S)O[C@@H]3C[C@@H](CO[P@@](=O)(S)O[C@H]2[C@@H]1F)O[C@H]3n1ccc(=O)n2ccnc12. The molecule has 23 heteroatoms. The van der Waals surface area contributed by atoms with Crippen molar-refractivity contribution >= 4 is 60.9 Å². The van der Waals surface area contributed by atoms with Gasteiger partial charge in [-0.3, -0.25) is 36.4 Å². The lowest BCUT2D eigenvalue weighted by molar-refractivity contribution is -0.0564. The monoisotopic (exact) mass is 777 g/mol. The Morgan fingerprint density at radius 3 is 2.38 bits per heavy atom. The summed E-state index contributed by atoms with van der Waals surface area (Å²) in [6, 6.07) is 1.30. The molecule has 0 saturated carbocycles. The minimum absolute atomic E-state index is 0.0755. The number of fused-ring (bicyclic) bond motifs is 5. The van der Waals surface area contributed by atoms with Crippen molar-refractivity contribution in [3.63, 3.8) is 0 Å². The molecular formula is C27H38FN9O9P2S2. The number of nitrogens with two attached hydrogens (primary N) is 1. The number of alkyl halides is 1. The number of halogens is 1. The van der Waals surface area contributed by atoms with E-state index in [1.165, 1.54) is 70.5 Å². The summed E-state index contributed by atoms with van der Waals surface area (Å²) in [7, 11) is 0. The average Bonchev–Trinajstić information content (AvgIpc) is 3.88. The van der Waals surface area contributed by atoms with E-state index < -0.39 is 63.2 Å². The van der Waals surface area contributed by atoms with Crippen LogP contribution in [0, 0.1) is 0 Å². The fourth-order valence-electron chi connectivity index (χ4n) is 5.95. The van der Waals surface area contributed by atoms with Crippen LogP contribution in [0.3, 0.4) is 0 Å². The van der Waals surface area contributed by atoms with E-state index in [1.807, 2.05) is 0 Å². The van der Waals surface area contributed by atoms with Crippen LogP contribution < -0.4 is 11.3 Å². The van der Waals surface area contributed by atoms with Crippen molar-refractivity contribution in [3.8, 4) is 0 Å². The molecule has 2 bridgehead atoms. The summed E-state index contributed by atoms with van der Waals surface area (Å²) < 4.78 is 81.2. The van der Waals surface area contributed by atoms with Gasteiger partial charge in [0.15, 0.2) is 30.1 Å². The summed E-state index contributed by atoms with van der Waals surface area (Å²) in [6.45, 7) is 0.849. The predicted molar refractivity (Wildman–Crippen MR) is 185 cm³/mol. The van der Waals surface area contributed by atoms with E-state index in [0.717, 1.165) is 0 Å². The first-order chi connectivity index (χ1) is 23.8. The molecular weight excluding hydrogens is 739 g/mol. The maximum absolute atomic E-state index is 16.0. The molecule has 3 saturated heterocycles. The van der Waals surface area contributed by atoms with E-state index in [1.54, 1.807) is 0 Å². The van der Waals surface area contributed by atoms with Gasteiger partial charge < -0.3 is 20.1 Å². The van der Waals surface area contributed by atoms with E-state index in [0.29, 0.717) is 0 Å². The van der Waals surface area contributed by atoms with Gasteiger partial charge in [-0.25, -0.2) is 33.5 Å². The van der Waals surface area contributed by atoms with Gasteiger partial charge in [0.25, 0.3) is 5.56 Å². The van der Waals surface area contributed by atoms with Crippen molar-refractivity contribution in [1.29, 1.82) is 0 Å². The Bertz CT molecular complexity index is 1960. The van der Waals surface area contributed by atoms with Crippen LogP contribution in [0.5, 0.6) is 0 Å². The van der Waals surface area contributed by atoms with Gasteiger partial charge in [0.05, 0.1) is 25.6 Å². The molecule has 50 heavy (non-hydrogen) atoms. The second-order valence-corrected chi connectivity index (χ2v) is 17.2. The van der Waals surface area contributed by atoms with Gasteiger partial charge in [-0.1, -0.05) is 45.3 Å². The summed E-state index contributed by atoms with van der Waals surface area (Å²) in [5.41, 5.74) is 5.92. The summed E-state index contributed by atoms with van der Waals surface area (Å²) in [4.78, 5) is 30.9. The molecule has 7 heterocycles. The Kier molecular flexibility index (Phi) is 11.4. The second kappa shape index (κ2) is 15.3. The van der Waals surface area contributed by atoms with Crippen LogP contribution >= 0.6 is 38.1 Å². The zero-order valence-corrected chi connectivity index (χ0v) is 30.8. The lowest BCUT2D eigenvalue weighted by Gasteiger charge is -2.26. The molecule has 2 N–H and O–H groups in total. The number of nitrogens with zero attached hydrogens (tertiary/aromatic N) is 8. The van der Waals surface area contributed by atoms with Crippen LogP contribution in [0.15, 0.2) is 42.1 Å². The summed E-state index contributed by atoms with van der Waals surface area (Å²) in [5.74, 6) is 0.305. The second-order valence-electron chi connectivity index (χ2n) is 11.5. The molecule has 274 valence electrons. The number of thiol groups is 2. The number of nitrogen functional groups attached to an aromatic ring is 1. The molecule has 18 nitrogen and oxygen atoms in total. The van der Waals surface area contributed by atoms with Crippen molar-refractivity contribution in [2.24, 2.45) is 0 Å². The van der Waals surface area contributed by atoms with Crippen LogP contribution in [0.2, 0.25) is 0 Å². The highest BCUT2D eigenvalue weighted by atomic mass is 32.7. The third-order valence-corrected chi connectivity index (χ3v) is 11.8. The summed E-state index contributed by atoms with van der Waals surface area (Å²) in [5, 5.41) is 0. The van der Waals surface area contributed by atoms with Gasteiger partial charge in [-0.15, -0.1) is 0 Å². The molecule has 0 radical (unpaired) electrons. The third kappa shape index (κ3) is 7.83. The number of hydrogen-bond donors (Lipinski definition) is 3.